The minimum absolute atomic E-state index is 0.356. The summed E-state index contributed by atoms with van der Waals surface area (Å²) in [5.41, 5.74) is 10.2. The van der Waals surface area contributed by atoms with Crippen LogP contribution in [-0.4, -0.2) is 16.1 Å². The Morgan fingerprint density at radius 3 is 2.67 bits per heavy atom. The molecule has 0 spiro atoms. The van der Waals surface area contributed by atoms with Crippen molar-refractivity contribution >= 4 is 5.88 Å². The van der Waals surface area contributed by atoms with Crippen molar-refractivity contribution in [3.63, 3.8) is 0 Å². The maximum absolute atomic E-state index is 5.55. The Bertz CT molecular complexity index is 574. The van der Waals surface area contributed by atoms with E-state index in [1.165, 1.54) is 11.1 Å². The van der Waals surface area contributed by atoms with Crippen molar-refractivity contribution in [2.24, 2.45) is 0 Å². The normalized spacial score (nSPS) is 15.3. The first kappa shape index (κ1) is 11.3. The van der Waals surface area contributed by atoms with E-state index in [4.69, 9.17) is 10.3 Å². The van der Waals surface area contributed by atoms with E-state index in [0.717, 1.165) is 24.3 Å². The van der Waals surface area contributed by atoms with Gasteiger partial charge in [-0.3, -0.25) is 4.90 Å². The second kappa shape index (κ2) is 4.14. The van der Waals surface area contributed by atoms with Crippen LogP contribution >= 0.6 is 0 Å². The van der Waals surface area contributed by atoms with Crippen LogP contribution < -0.4 is 5.73 Å². The molecule has 0 atom stereocenters. The van der Waals surface area contributed by atoms with E-state index in [0.29, 0.717) is 11.9 Å². The first-order valence-electron chi connectivity index (χ1n) is 6.22. The van der Waals surface area contributed by atoms with Gasteiger partial charge in [-0.05, 0) is 31.0 Å². The third kappa shape index (κ3) is 1.88. The highest BCUT2D eigenvalue weighted by molar-refractivity contribution is 5.63. The summed E-state index contributed by atoms with van der Waals surface area (Å²) in [5, 5.41) is 3.95. The maximum Gasteiger partial charge on any atom is 0.222 e. The summed E-state index contributed by atoms with van der Waals surface area (Å²) in [6, 6.07) is 8.78. The van der Waals surface area contributed by atoms with E-state index < -0.39 is 0 Å². The van der Waals surface area contributed by atoms with Gasteiger partial charge in [0, 0.05) is 30.8 Å². The highest BCUT2D eigenvalue weighted by Crippen LogP contribution is 2.29. The molecule has 2 aromatic rings. The average molecular weight is 243 g/mol. The van der Waals surface area contributed by atoms with Gasteiger partial charge >= 0.3 is 0 Å². The van der Waals surface area contributed by atoms with Crippen LogP contribution in [0.3, 0.4) is 0 Å². The summed E-state index contributed by atoms with van der Waals surface area (Å²) in [7, 11) is 0. The van der Waals surface area contributed by atoms with Gasteiger partial charge in [0.2, 0.25) is 5.88 Å². The van der Waals surface area contributed by atoms with E-state index in [1.54, 1.807) is 6.07 Å². The lowest BCUT2D eigenvalue weighted by atomic mass is 10.0. The molecule has 0 unspecified atom stereocenters. The van der Waals surface area contributed by atoms with E-state index >= 15 is 0 Å². The quantitative estimate of drug-likeness (QED) is 0.881. The number of hydrogen-bond donors (Lipinski definition) is 1. The lowest BCUT2D eigenvalue weighted by Gasteiger charge is -2.18. The Morgan fingerprint density at radius 1 is 1.22 bits per heavy atom. The van der Waals surface area contributed by atoms with Gasteiger partial charge in [0.1, 0.15) is 5.69 Å². The molecule has 0 fully saturated rings. The average Bonchev–Trinajstić information content (AvgIpc) is 2.93. The number of nitrogens with zero attached hydrogens (tertiary/aromatic N) is 2. The van der Waals surface area contributed by atoms with Crippen molar-refractivity contribution in [1.29, 1.82) is 0 Å². The molecule has 4 heteroatoms. The molecular formula is C14H17N3O. The molecule has 18 heavy (non-hydrogen) atoms. The van der Waals surface area contributed by atoms with Crippen LogP contribution in [0.5, 0.6) is 0 Å². The predicted octanol–water partition coefficient (Wildman–Crippen LogP) is 2.65. The zero-order valence-corrected chi connectivity index (χ0v) is 10.7. The fraction of sp³-hybridized carbons (Fsp3) is 0.357. The first-order chi connectivity index (χ1) is 8.63. The van der Waals surface area contributed by atoms with Crippen molar-refractivity contribution in [1.82, 2.24) is 10.1 Å². The van der Waals surface area contributed by atoms with Gasteiger partial charge in [0.15, 0.2) is 0 Å². The van der Waals surface area contributed by atoms with Crippen molar-refractivity contribution in [3.8, 4) is 11.3 Å². The molecule has 1 aromatic carbocycles. The minimum Gasteiger partial charge on any atom is -0.368 e. The third-order valence-corrected chi connectivity index (χ3v) is 3.51. The van der Waals surface area contributed by atoms with E-state index in [1.807, 2.05) is 0 Å². The Labute approximate surface area is 106 Å². The van der Waals surface area contributed by atoms with Crippen molar-refractivity contribution in [3.05, 3.63) is 35.4 Å². The Balaban J connectivity index is 1.92. The molecule has 2 N–H and O–H groups in total. The summed E-state index contributed by atoms with van der Waals surface area (Å²) in [6.07, 6.45) is 0. The zero-order valence-electron chi connectivity index (χ0n) is 10.7. The molecule has 1 aliphatic heterocycles. The highest BCUT2D eigenvalue weighted by atomic mass is 16.5. The van der Waals surface area contributed by atoms with Crippen LogP contribution in [0.2, 0.25) is 0 Å². The summed E-state index contributed by atoms with van der Waals surface area (Å²) >= 11 is 0. The topological polar surface area (TPSA) is 55.3 Å². The molecule has 94 valence electrons. The van der Waals surface area contributed by atoms with E-state index in [2.05, 4.69) is 42.1 Å². The SMILES string of the molecule is CC(C)N1Cc2ccc(-c3cc(N)on3)cc2C1. The number of rotatable bonds is 2. The van der Waals surface area contributed by atoms with Crippen molar-refractivity contribution in [2.45, 2.75) is 33.0 Å². The predicted molar refractivity (Wildman–Crippen MR) is 70.7 cm³/mol. The van der Waals surface area contributed by atoms with Crippen molar-refractivity contribution in [2.75, 3.05) is 5.73 Å². The van der Waals surface area contributed by atoms with Gasteiger partial charge in [-0.1, -0.05) is 17.3 Å². The number of nitrogen functional groups attached to an aromatic ring is 1. The number of anilines is 1. The molecule has 0 saturated heterocycles. The largest absolute Gasteiger partial charge is 0.368 e. The maximum atomic E-state index is 5.55. The second-order valence-corrected chi connectivity index (χ2v) is 5.10. The summed E-state index contributed by atoms with van der Waals surface area (Å²) in [5.74, 6) is 0.356. The molecular weight excluding hydrogens is 226 g/mol. The molecule has 0 radical (unpaired) electrons. The third-order valence-electron chi connectivity index (χ3n) is 3.51. The lowest BCUT2D eigenvalue weighted by Crippen LogP contribution is -2.24. The Hall–Kier alpha value is -1.81. The van der Waals surface area contributed by atoms with Gasteiger partial charge in [0.25, 0.3) is 0 Å². The van der Waals surface area contributed by atoms with Gasteiger partial charge in [-0.2, -0.15) is 0 Å². The van der Waals surface area contributed by atoms with Crippen LogP contribution in [-0.2, 0) is 13.1 Å². The summed E-state index contributed by atoms with van der Waals surface area (Å²) in [4.78, 5) is 2.45. The number of hydrogen-bond acceptors (Lipinski definition) is 4. The van der Waals surface area contributed by atoms with Crippen LogP contribution in [0.15, 0.2) is 28.8 Å². The van der Waals surface area contributed by atoms with Gasteiger partial charge < -0.3 is 10.3 Å². The fourth-order valence-corrected chi connectivity index (χ4v) is 2.37. The van der Waals surface area contributed by atoms with Crippen LogP contribution in [0.4, 0.5) is 5.88 Å². The highest BCUT2D eigenvalue weighted by Gasteiger charge is 2.21. The lowest BCUT2D eigenvalue weighted by molar-refractivity contribution is 0.227. The fourth-order valence-electron chi connectivity index (χ4n) is 2.37. The monoisotopic (exact) mass is 243 g/mol. The Kier molecular flexibility index (Phi) is 2.59. The van der Waals surface area contributed by atoms with Crippen LogP contribution in [0, 0.1) is 0 Å². The first-order valence-corrected chi connectivity index (χ1v) is 6.22. The van der Waals surface area contributed by atoms with E-state index in [9.17, 15) is 0 Å². The van der Waals surface area contributed by atoms with Crippen molar-refractivity contribution < 1.29 is 4.52 Å². The zero-order chi connectivity index (χ0) is 12.7. The molecule has 4 nitrogen and oxygen atoms in total. The molecule has 0 bridgehead atoms. The van der Waals surface area contributed by atoms with Crippen LogP contribution in [0.25, 0.3) is 11.3 Å². The number of benzene rings is 1. The number of fused-ring (bicyclic) bond motifs is 1. The molecule has 0 aliphatic carbocycles. The van der Waals surface area contributed by atoms with Gasteiger partial charge in [-0.15, -0.1) is 0 Å². The standard InChI is InChI=1S/C14H17N3O/c1-9(2)17-7-11-4-3-10(5-12(11)8-17)13-6-14(15)18-16-13/h3-6,9H,7-8,15H2,1-2H3. The Morgan fingerprint density at radius 2 is 2.00 bits per heavy atom. The second-order valence-electron chi connectivity index (χ2n) is 5.10. The minimum atomic E-state index is 0.356. The summed E-state index contributed by atoms with van der Waals surface area (Å²) in [6.45, 7) is 6.50. The molecule has 3 rings (SSSR count). The molecule has 0 amide bonds. The van der Waals surface area contributed by atoms with Gasteiger partial charge in [-0.25, -0.2) is 0 Å². The van der Waals surface area contributed by atoms with Crippen LogP contribution in [0.1, 0.15) is 25.0 Å². The van der Waals surface area contributed by atoms with E-state index in [-0.39, 0.29) is 0 Å². The smallest absolute Gasteiger partial charge is 0.222 e. The molecule has 0 saturated carbocycles. The summed E-state index contributed by atoms with van der Waals surface area (Å²) < 4.78 is 4.91. The molecule has 2 heterocycles. The number of nitrogens with two attached hydrogens (primary N) is 1. The molecule has 1 aliphatic rings. The van der Waals surface area contributed by atoms with Gasteiger partial charge in [0.05, 0.1) is 0 Å². The molecule has 1 aromatic heterocycles. The number of aromatic nitrogens is 1.